The molecule has 0 bridgehead atoms. The zero-order valence-electron chi connectivity index (χ0n) is 17.4. The van der Waals surface area contributed by atoms with Crippen molar-refractivity contribution in [3.63, 3.8) is 0 Å². The van der Waals surface area contributed by atoms with E-state index in [1.54, 1.807) is 0 Å². The topological polar surface area (TPSA) is 26.3 Å². The maximum absolute atomic E-state index is 12.6. The van der Waals surface area contributed by atoms with Gasteiger partial charge in [-0.05, 0) is 53.6 Å². The van der Waals surface area contributed by atoms with Crippen molar-refractivity contribution in [1.82, 2.24) is 0 Å². The number of unbranched alkanes of at least 4 members (excludes halogenated alkanes) is 2. The molecule has 2 nitrogen and oxygen atoms in total. The van der Waals surface area contributed by atoms with Gasteiger partial charge in [0.25, 0.3) is 0 Å². The van der Waals surface area contributed by atoms with Crippen LogP contribution in [0.2, 0.25) is 0 Å². The van der Waals surface area contributed by atoms with E-state index >= 15 is 0 Å². The summed E-state index contributed by atoms with van der Waals surface area (Å²) in [7, 11) is 0. The highest BCUT2D eigenvalue weighted by molar-refractivity contribution is 5.90. The lowest BCUT2D eigenvalue weighted by molar-refractivity contribution is 0.0288. The molecule has 3 aromatic rings. The first-order valence-electron chi connectivity index (χ1n) is 10.7. The van der Waals surface area contributed by atoms with Gasteiger partial charge < -0.3 is 4.74 Å². The van der Waals surface area contributed by atoms with Crippen molar-refractivity contribution in [2.75, 3.05) is 0 Å². The van der Waals surface area contributed by atoms with E-state index in [0.29, 0.717) is 5.56 Å². The lowest BCUT2D eigenvalue weighted by Crippen LogP contribution is -2.11. The number of carbonyl (C=O) groups excluding carboxylic acids is 1. The molecule has 0 aliphatic rings. The fourth-order valence-electron chi connectivity index (χ4n) is 3.49. The highest BCUT2D eigenvalue weighted by atomic mass is 16.5. The summed E-state index contributed by atoms with van der Waals surface area (Å²) in [5.74, 6) is -0.279. The second kappa shape index (κ2) is 10.6. The molecule has 3 aromatic carbocycles. The average molecular weight is 387 g/mol. The molecule has 0 aliphatic carbocycles. The molecule has 0 fully saturated rings. The van der Waals surface area contributed by atoms with Crippen LogP contribution in [0, 0.1) is 0 Å². The summed E-state index contributed by atoms with van der Waals surface area (Å²) < 4.78 is 5.74. The molecule has 0 aromatic heterocycles. The van der Waals surface area contributed by atoms with Gasteiger partial charge in [-0.1, -0.05) is 93.4 Å². The third-order valence-electron chi connectivity index (χ3n) is 5.27. The van der Waals surface area contributed by atoms with E-state index in [2.05, 4.69) is 31.2 Å². The van der Waals surface area contributed by atoms with Crippen molar-refractivity contribution in [2.45, 2.75) is 52.1 Å². The lowest BCUT2D eigenvalue weighted by Gasteiger charge is -2.16. The van der Waals surface area contributed by atoms with Gasteiger partial charge in [0.1, 0.15) is 6.10 Å². The Balaban J connectivity index is 1.64. The van der Waals surface area contributed by atoms with E-state index in [4.69, 9.17) is 4.74 Å². The van der Waals surface area contributed by atoms with E-state index in [9.17, 15) is 4.79 Å². The average Bonchev–Trinajstić information content (AvgIpc) is 2.78. The van der Waals surface area contributed by atoms with E-state index < -0.39 is 0 Å². The van der Waals surface area contributed by atoms with Crippen LogP contribution in [0.4, 0.5) is 0 Å². The molecular formula is C27H30O2. The van der Waals surface area contributed by atoms with Crippen molar-refractivity contribution < 1.29 is 9.53 Å². The first-order chi connectivity index (χ1) is 14.2. The highest BCUT2D eigenvalue weighted by Gasteiger charge is 2.16. The SMILES string of the molecule is CCCCCc1ccc(-c2ccc(C(=O)O[C@H](CC)c3ccccc3)cc2)cc1. The smallest absolute Gasteiger partial charge is 0.338 e. The molecule has 0 aliphatic heterocycles. The first-order valence-corrected chi connectivity index (χ1v) is 10.7. The largest absolute Gasteiger partial charge is 0.454 e. The predicted molar refractivity (Wildman–Crippen MR) is 120 cm³/mol. The monoisotopic (exact) mass is 386 g/mol. The second-order valence-electron chi connectivity index (χ2n) is 7.44. The van der Waals surface area contributed by atoms with Gasteiger partial charge in [-0.3, -0.25) is 0 Å². The van der Waals surface area contributed by atoms with Gasteiger partial charge in [0, 0.05) is 0 Å². The van der Waals surface area contributed by atoms with E-state index in [1.807, 2.05) is 61.5 Å². The minimum absolute atomic E-state index is 0.219. The summed E-state index contributed by atoms with van der Waals surface area (Å²) in [6, 6.07) is 26.3. The normalized spacial score (nSPS) is 11.8. The number of aryl methyl sites for hydroxylation is 1. The van der Waals surface area contributed by atoms with Crippen LogP contribution >= 0.6 is 0 Å². The van der Waals surface area contributed by atoms with E-state index in [0.717, 1.165) is 24.0 Å². The number of carbonyl (C=O) groups is 1. The molecule has 29 heavy (non-hydrogen) atoms. The van der Waals surface area contributed by atoms with Crippen molar-refractivity contribution in [2.24, 2.45) is 0 Å². The summed E-state index contributed by atoms with van der Waals surface area (Å²) in [5.41, 5.74) is 5.27. The van der Waals surface area contributed by atoms with Crippen molar-refractivity contribution in [3.05, 3.63) is 95.6 Å². The van der Waals surface area contributed by atoms with Gasteiger partial charge in [0.15, 0.2) is 0 Å². The van der Waals surface area contributed by atoms with Crippen LogP contribution in [0.3, 0.4) is 0 Å². The summed E-state index contributed by atoms with van der Waals surface area (Å²) in [6.45, 7) is 4.26. The highest BCUT2D eigenvalue weighted by Crippen LogP contribution is 2.24. The Hall–Kier alpha value is -2.87. The van der Waals surface area contributed by atoms with Crippen molar-refractivity contribution in [3.8, 4) is 11.1 Å². The Bertz CT molecular complexity index is 880. The Kier molecular flexibility index (Phi) is 7.63. The van der Waals surface area contributed by atoms with Crippen LogP contribution < -0.4 is 0 Å². The molecule has 0 saturated carbocycles. The minimum Gasteiger partial charge on any atom is -0.454 e. The van der Waals surface area contributed by atoms with Crippen LogP contribution in [0.15, 0.2) is 78.9 Å². The fraction of sp³-hybridized carbons (Fsp3) is 0.296. The molecule has 0 radical (unpaired) electrons. The van der Waals surface area contributed by atoms with Crippen LogP contribution in [0.5, 0.6) is 0 Å². The van der Waals surface area contributed by atoms with Gasteiger partial charge in [-0.2, -0.15) is 0 Å². The standard InChI is InChI=1S/C27H30O2/c1-3-5-7-10-21-13-15-22(16-14-21)23-17-19-25(20-18-23)27(28)29-26(4-2)24-11-8-6-9-12-24/h6,8-9,11-20,26H,3-5,7,10H2,1-2H3/t26-/m1/s1. The summed E-state index contributed by atoms with van der Waals surface area (Å²) >= 11 is 0. The number of benzene rings is 3. The fourth-order valence-corrected chi connectivity index (χ4v) is 3.49. The van der Waals surface area contributed by atoms with Gasteiger partial charge in [0.2, 0.25) is 0 Å². The molecule has 0 spiro atoms. The lowest BCUT2D eigenvalue weighted by atomic mass is 10.0. The maximum atomic E-state index is 12.6. The first kappa shape index (κ1) is 20.9. The third kappa shape index (κ3) is 5.80. The molecule has 2 heteroatoms. The molecule has 0 unspecified atom stereocenters. The molecule has 0 saturated heterocycles. The van der Waals surface area contributed by atoms with Crippen LogP contribution in [0.1, 0.15) is 67.1 Å². The second-order valence-corrected chi connectivity index (χ2v) is 7.44. The molecule has 3 rings (SSSR count). The summed E-state index contributed by atoms with van der Waals surface area (Å²) in [4.78, 5) is 12.6. The van der Waals surface area contributed by atoms with E-state index in [1.165, 1.54) is 30.4 Å². The molecule has 150 valence electrons. The number of hydrogen-bond acceptors (Lipinski definition) is 2. The summed E-state index contributed by atoms with van der Waals surface area (Å²) in [5, 5.41) is 0. The van der Waals surface area contributed by atoms with Crippen molar-refractivity contribution >= 4 is 5.97 Å². The zero-order chi connectivity index (χ0) is 20.5. The number of ether oxygens (including phenoxy) is 1. The minimum atomic E-state index is -0.279. The number of rotatable bonds is 9. The van der Waals surface area contributed by atoms with Crippen LogP contribution in [-0.4, -0.2) is 5.97 Å². The molecular weight excluding hydrogens is 356 g/mol. The predicted octanol–water partition coefficient (Wildman–Crippen LogP) is 7.39. The number of hydrogen-bond donors (Lipinski definition) is 0. The van der Waals surface area contributed by atoms with Gasteiger partial charge in [0.05, 0.1) is 5.56 Å². The van der Waals surface area contributed by atoms with Gasteiger partial charge in [-0.25, -0.2) is 4.79 Å². The molecule has 0 N–H and O–H groups in total. The van der Waals surface area contributed by atoms with Gasteiger partial charge in [-0.15, -0.1) is 0 Å². The summed E-state index contributed by atoms with van der Waals surface area (Å²) in [6.07, 6.45) is 5.44. The molecule has 0 heterocycles. The third-order valence-corrected chi connectivity index (χ3v) is 5.27. The van der Waals surface area contributed by atoms with E-state index in [-0.39, 0.29) is 12.1 Å². The number of esters is 1. The Morgan fingerprint density at radius 3 is 2.00 bits per heavy atom. The van der Waals surface area contributed by atoms with Crippen molar-refractivity contribution in [1.29, 1.82) is 0 Å². The molecule has 0 amide bonds. The quantitative estimate of drug-likeness (QED) is 0.283. The molecule has 1 atom stereocenters. The van der Waals surface area contributed by atoms with Gasteiger partial charge >= 0.3 is 5.97 Å². The maximum Gasteiger partial charge on any atom is 0.338 e. The Labute approximate surface area is 174 Å². The van der Waals surface area contributed by atoms with Crippen LogP contribution in [-0.2, 0) is 11.2 Å². The Morgan fingerprint density at radius 1 is 0.793 bits per heavy atom. The Morgan fingerprint density at radius 2 is 1.41 bits per heavy atom. The zero-order valence-corrected chi connectivity index (χ0v) is 17.4. The van der Waals surface area contributed by atoms with Crippen LogP contribution in [0.25, 0.3) is 11.1 Å².